The summed E-state index contributed by atoms with van der Waals surface area (Å²) in [6, 6.07) is 8.63. The quantitative estimate of drug-likeness (QED) is 0.257. The van der Waals surface area contributed by atoms with E-state index in [9.17, 15) is 14.0 Å². The minimum atomic E-state index is -0.599. The number of anilines is 1. The summed E-state index contributed by atoms with van der Waals surface area (Å²) in [5.41, 5.74) is 3.30. The zero-order valence-corrected chi connectivity index (χ0v) is 17.2. The van der Waals surface area contributed by atoms with Gasteiger partial charge in [-0.25, -0.2) is 9.82 Å². The fourth-order valence-corrected chi connectivity index (χ4v) is 2.77. The lowest BCUT2D eigenvalue weighted by molar-refractivity contribution is -0.126. The molecule has 0 saturated heterocycles. The van der Waals surface area contributed by atoms with E-state index in [1.54, 1.807) is 18.2 Å². The van der Waals surface area contributed by atoms with Gasteiger partial charge in [0, 0.05) is 5.69 Å². The number of benzene rings is 2. The van der Waals surface area contributed by atoms with E-state index in [4.69, 9.17) is 9.47 Å². The van der Waals surface area contributed by atoms with Crippen molar-refractivity contribution in [3.63, 3.8) is 0 Å². The number of hydrogen-bond acceptors (Lipinski definition) is 5. The highest BCUT2D eigenvalue weighted by Gasteiger charge is 2.11. The van der Waals surface area contributed by atoms with Gasteiger partial charge in [0.05, 0.1) is 17.8 Å². The van der Waals surface area contributed by atoms with Crippen LogP contribution in [-0.2, 0) is 9.59 Å². The van der Waals surface area contributed by atoms with E-state index in [-0.39, 0.29) is 0 Å². The molecular formula is C20H19BrFN3O4. The molecule has 2 rings (SSSR count). The Bertz CT molecular complexity index is 917. The highest BCUT2D eigenvalue weighted by Crippen LogP contribution is 2.36. The molecule has 2 aromatic rings. The van der Waals surface area contributed by atoms with Crippen molar-refractivity contribution < 1.29 is 23.5 Å². The van der Waals surface area contributed by atoms with Crippen LogP contribution >= 0.6 is 15.9 Å². The molecule has 0 atom stereocenters. The van der Waals surface area contributed by atoms with Gasteiger partial charge in [0.25, 0.3) is 0 Å². The molecule has 9 heteroatoms. The Hall–Kier alpha value is -3.20. The van der Waals surface area contributed by atoms with Crippen LogP contribution in [0.1, 0.15) is 12.0 Å². The predicted molar refractivity (Wildman–Crippen MR) is 112 cm³/mol. The molecule has 2 N–H and O–H groups in total. The van der Waals surface area contributed by atoms with Crippen molar-refractivity contribution in [3.05, 3.63) is 64.9 Å². The van der Waals surface area contributed by atoms with Crippen LogP contribution in [0.3, 0.4) is 0 Å². The summed E-state index contributed by atoms with van der Waals surface area (Å²) in [5, 5.41) is 6.33. The van der Waals surface area contributed by atoms with Crippen LogP contribution < -0.4 is 20.2 Å². The molecule has 0 aliphatic heterocycles. The van der Waals surface area contributed by atoms with Crippen LogP contribution in [0.2, 0.25) is 0 Å². The van der Waals surface area contributed by atoms with Gasteiger partial charge in [-0.15, -0.1) is 0 Å². The SMILES string of the molecule is C=CCOc1c(Br)cc(C=NNC(=O)CC(=O)Nc2ccc(F)cc2)cc1OC. The molecule has 0 spiro atoms. The lowest BCUT2D eigenvalue weighted by atomic mass is 10.2. The first kappa shape index (κ1) is 22.1. The van der Waals surface area contributed by atoms with Crippen molar-refractivity contribution in [2.24, 2.45) is 5.10 Å². The fourth-order valence-electron chi connectivity index (χ4n) is 2.20. The van der Waals surface area contributed by atoms with Crippen molar-refractivity contribution in [3.8, 4) is 11.5 Å². The topological polar surface area (TPSA) is 89.0 Å². The Morgan fingerprint density at radius 2 is 1.97 bits per heavy atom. The van der Waals surface area contributed by atoms with Crippen LogP contribution in [0, 0.1) is 5.82 Å². The molecule has 0 aliphatic rings. The summed E-state index contributed by atoms with van der Waals surface area (Å²) in [4.78, 5) is 23.7. The maximum absolute atomic E-state index is 12.8. The van der Waals surface area contributed by atoms with Gasteiger partial charge in [-0.2, -0.15) is 5.10 Å². The number of hydrogen-bond donors (Lipinski definition) is 2. The van der Waals surface area contributed by atoms with Gasteiger partial charge < -0.3 is 14.8 Å². The molecule has 0 saturated carbocycles. The van der Waals surface area contributed by atoms with E-state index in [0.717, 1.165) is 0 Å². The van der Waals surface area contributed by atoms with E-state index in [2.05, 4.69) is 38.4 Å². The highest BCUT2D eigenvalue weighted by atomic mass is 79.9. The second-order valence-electron chi connectivity index (χ2n) is 5.66. The molecule has 0 fully saturated rings. The maximum Gasteiger partial charge on any atom is 0.249 e. The molecule has 0 heterocycles. The van der Waals surface area contributed by atoms with Gasteiger partial charge >= 0.3 is 0 Å². The zero-order chi connectivity index (χ0) is 21.2. The summed E-state index contributed by atoms with van der Waals surface area (Å²) >= 11 is 3.39. The van der Waals surface area contributed by atoms with Gasteiger partial charge in [0.1, 0.15) is 18.8 Å². The summed E-state index contributed by atoms with van der Waals surface area (Å²) < 4.78 is 24.3. The van der Waals surface area contributed by atoms with Crippen molar-refractivity contribution in [1.82, 2.24) is 5.43 Å². The third-order valence-electron chi connectivity index (χ3n) is 3.45. The molecule has 2 aromatic carbocycles. The number of methoxy groups -OCH3 is 1. The van der Waals surface area contributed by atoms with Crippen LogP contribution in [0.15, 0.2) is 58.6 Å². The number of nitrogens with zero attached hydrogens (tertiary/aromatic N) is 1. The largest absolute Gasteiger partial charge is 0.493 e. The van der Waals surface area contributed by atoms with Gasteiger partial charge in [-0.05, 0) is 57.9 Å². The molecule has 29 heavy (non-hydrogen) atoms. The van der Waals surface area contributed by atoms with E-state index < -0.39 is 24.1 Å². The standard InChI is InChI=1S/C20H19BrFN3O4/c1-3-8-29-20-16(21)9-13(10-17(20)28-2)12-23-25-19(27)11-18(26)24-15-6-4-14(22)5-7-15/h3-7,9-10,12H,1,8,11H2,2H3,(H,24,26)(H,25,27). The van der Waals surface area contributed by atoms with E-state index in [0.29, 0.717) is 33.8 Å². The Labute approximate surface area is 175 Å². The van der Waals surface area contributed by atoms with E-state index >= 15 is 0 Å². The number of amides is 2. The van der Waals surface area contributed by atoms with Gasteiger partial charge in [-0.1, -0.05) is 12.7 Å². The zero-order valence-electron chi connectivity index (χ0n) is 15.6. The monoisotopic (exact) mass is 463 g/mol. The average Bonchev–Trinajstić information content (AvgIpc) is 2.68. The number of ether oxygens (including phenoxy) is 2. The van der Waals surface area contributed by atoms with Crippen molar-refractivity contribution in [2.75, 3.05) is 19.0 Å². The number of carbonyl (C=O) groups excluding carboxylic acids is 2. The summed E-state index contributed by atoms with van der Waals surface area (Å²) in [6.45, 7) is 3.91. The van der Waals surface area contributed by atoms with Crippen LogP contribution in [0.4, 0.5) is 10.1 Å². The van der Waals surface area contributed by atoms with E-state index in [1.807, 2.05) is 0 Å². The molecule has 152 valence electrons. The number of rotatable bonds is 9. The normalized spacial score (nSPS) is 10.4. The first-order valence-electron chi connectivity index (χ1n) is 8.41. The molecular weight excluding hydrogens is 445 g/mol. The average molecular weight is 464 g/mol. The number of halogens is 2. The summed E-state index contributed by atoms with van der Waals surface area (Å²) in [7, 11) is 1.50. The van der Waals surface area contributed by atoms with Crippen molar-refractivity contribution in [1.29, 1.82) is 0 Å². The van der Waals surface area contributed by atoms with Crippen LogP contribution in [0.5, 0.6) is 11.5 Å². The first-order valence-corrected chi connectivity index (χ1v) is 9.20. The Morgan fingerprint density at radius 3 is 2.62 bits per heavy atom. The smallest absolute Gasteiger partial charge is 0.249 e. The van der Waals surface area contributed by atoms with Crippen LogP contribution in [0.25, 0.3) is 0 Å². The molecule has 0 aromatic heterocycles. The number of nitrogens with one attached hydrogen (secondary N) is 2. The predicted octanol–water partition coefficient (Wildman–Crippen LogP) is 3.64. The maximum atomic E-state index is 12.8. The number of hydrazone groups is 1. The summed E-state index contributed by atoms with van der Waals surface area (Å²) in [6.07, 6.45) is 2.58. The fraction of sp³-hybridized carbons (Fsp3) is 0.150. The molecule has 2 amide bonds. The van der Waals surface area contributed by atoms with Crippen molar-refractivity contribution in [2.45, 2.75) is 6.42 Å². The second kappa shape index (κ2) is 11.0. The number of carbonyl (C=O) groups is 2. The highest BCUT2D eigenvalue weighted by molar-refractivity contribution is 9.10. The first-order chi connectivity index (χ1) is 13.9. The Kier molecular flexibility index (Phi) is 8.35. The Balaban J connectivity index is 1.92. The molecule has 0 unspecified atom stereocenters. The summed E-state index contributed by atoms with van der Waals surface area (Å²) in [5.74, 6) is -0.562. The third kappa shape index (κ3) is 7.04. The van der Waals surface area contributed by atoms with Gasteiger partial charge in [0.2, 0.25) is 11.8 Å². The lowest BCUT2D eigenvalue weighted by Gasteiger charge is -2.12. The minimum Gasteiger partial charge on any atom is -0.493 e. The lowest BCUT2D eigenvalue weighted by Crippen LogP contribution is -2.24. The second-order valence-corrected chi connectivity index (χ2v) is 6.51. The third-order valence-corrected chi connectivity index (χ3v) is 4.04. The molecule has 0 radical (unpaired) electrons. The van der Waals surface area contributed by atoms with Crippen LogP contribution in [-0.4, -0.2) is 31.7 Å². The minimum absolute atomic E-state index is 0.318. The Morgan fingerprint density at radius 1 is 1.24 bits per heavy atom. The van der Waals surface area contributed by atoms with Gasteiger partial charge in [-0.3, -0.25) is 9.59 Å². The molecule has 0 aliphatic carbocycles. The molecule has 7 nitrogen and oxygen atoms in total. The molecule has 0 bridgehead atoms. The van der Waals surface area contributed by atoms with Gasteiger partial charge in [0.15, 0.2) is 11.5 Å². The van der Waals surface area contributed by atoms with E-state index in [1.165, 1.54) is 37.6 Å². The van der Waals surface area contributed by atoms with Crippen molar-refractivity contribution >= 4 is 39.6 Å².